The smallest absolute Gasteiger partial charge is 0.150 e. The number of carbonyl (C=O) groups excluding carboxylic acids is 1. The summed E-state index contributed by atoms with van der Waals surface area (Å²) in [6, 6.07) is 10.2. The first-order valence-corrected chi connectivity index (χ1v) is 9.36. The molecule has 0 aromatic heterocycles. The van der Waals surface area contributed by atoms with Crippen LogP contribution in [-0.2, 0) is 4.74 Å². The molecule has 1 aliphatic heterocycles. The summed E-state index contributed by atoms with van der Waals surface area (Å²) in [5, 5.41) is 6.91. The van der Waals surface area contributed by atoms with Crippen molar-refractivity contribution in [2.45, 2.75) is 62.6 Å². The van der Waals surface area contributed by atoms with Crippen LogP contribution in [0.1, 0.15) is 60.4 Å². The van der Waals surface area contributed by atoms with E-state index >= 15 is 0 Å². The van der Waals surface area contributed by atoms with Gasteiger partial charge < -0.3 is 15.4 Å². The molecule has 4 rings (SSSR count). The molecule has 3 fully saturated rings. The summed E-state index contributed by atoms with van der Waals surface area (Å²) in [5.74, 6) is 0.639. The average Bonchev–Trinajstić information content (AvgIpc) is 3.39. The van der Waals surface area contributed by atoms with Crippen LogP contribution in [0.4, 0.5) is 0 Å². The SMILES string of the molecule is CNC1CCOCC1.O=Cc1cccc(C2CC2NC2CCC2)c1. The van der Waals surface area contributed by atoms with Crippen molar-refractivity contribution in [3.8, 4) is 0 Å². The van der Waals surface area contributed by atoms with Crippen LogP contribution in [0.2, 0.25) is 0 Å². The first-order chi connectivity index (χ1) is 11.8. The second-order valence-corrected chi connectivity index (χ2v) is 7.21. The topological polar surface area (TPSA) is 50.4 Å². The average molecular weight is 330 g/mol. The molecule has 24 heavy (non-hydrogen) atoms. The van der Waals surface area contributed by atoms with Crippen LogP contribution in [0.3, 0.4) is 0 Å². The zero-order chi connectivity index (χ0) is 16.8. The standard InChI is InChI=1S/C14H17NO.C6H13NO/c16-9-10-3-1-4-11(7-10)13-8-14(13)15-12-5-2-6-12;1-7-6-2-4-8-5-3-6/h1,3-4,7,9,12-15H,2,5-6,8H2;6-7H,2-5H2,1H3. The highest BCUT2D eigenvalue weighted by Crippen LogP contribution is 2.42. The molecule has 4 heteroatoms. The monoisotopic (exact) mass is 330 g/mol. The summed E-state index contributed by atoms with van der Waals surface area (Å²) >= 11 is 0. The highest BCUT2D eigenvalue weighted by molar-refractivity contribution is 5.75. The molecule has 1 heterocycles. The zero-order valence-electron chi connectivity index (χ0n) is 14.7. The lowest BCUT2D eigenvalue weighted by atomic mass is 9.93. The molecule has 0 amide bonds. The molecule has 4 nitrogen and oxygen atoms in total. The number of hydrogen-bond donors (Lipinski definition) is 2. The van der Waals surface area contributed by atoms with E-state index in [1.54, 1.807) is 0 Å². The third kappa shape index (κ3) is 4.88. The van der Waals surface area contributed by atoms with E-state index in [-0.39, 0.29) is 0 Å². The highest BCUT2D eigenvalue weighted by atomic mass is 16.5. The van der Waals surface area contributed by atoms with Gasteiger partial charge in [-0.3, -0.25) is 4.79 Å². The molecule has 2 atom stereocenters. The van der Waals surface area contributed by atoms with E-state index in [4.69, 9.17) is 4.74 Å². The molecular formula is C20H30N2O2. The minimum Gasteiger partial charge on any atom is -0.381 e. The van der Waals surface area contributed by atoms with E-state index in [1.807, 2.05) is 25.2 Å². The fourth-order valence-electron chi connectivity index (χ4n) is 3.47. The van der Waals surface area contributed by atoms with Crippen molar-refractivity contribution in [2.75, 3.05) is 20.3 Å². The Hall–Kier alpha value is -1.23. The Balaban J connectivity index is 0.000000179. The van der Waals surface area contributed by atoms with Gasteiger partial charge in [-0.15, -0.1) is 0 Å². The van der Waals surface area contributed by atoms with E-state index in [0.29, 0.717) is 18.0 Å². The lowest BCUT2D eigenvalue weighted by molar-refractivity contribution is 0.0799. The van der Waals surface area contributed by atoms with Gasteiger partial charge in [-0.1, -0.05) is 24.6 Å². The predicted molar refractivity (Wildman–Crippen MR) is 96.7 cm³/mol. The Morgan fingerprint density at radius 1 is 1.12 bits per heavy atom. The molecule has 0 spiro atoms. The maximum atomic E-state index is 10.7. The highest BCUT2D eigenvalue weighted by Gasteiger charge is 2.40. The Bertz CT molecular complexity index is 524. The second kappa shape index (κ2) is 8.75. The zero-order valence-corrected chi connectivity index (χ0v) is 14.7. The predicted octanol–water partition coefficient (Wildman–Crippen LogP) is 2.88. The Morgan fingerprint density at radius 2 is 1.92 bits per heavy atom. The fourth-order valence-corrected chi connectivity index (χ4v) is 3.47. The van der Waals surface area contributed by atoms with Gasteiger partial charge in [0.1, 0.15) is 6.29 Å². The lowest BCUT2D eigenvalue weighted by Crippen LogP contribution is -2.37. The second-order valence-electron chi connectivity index (χ2n) is 7.21. The number of nitrogens with one attached hydrogen (secondary N) is 2. The first kappa shape index (κ1) is 17.6. The van der Waals surface area contributed by atoms with Gasteiger partial charge >= 0.3 is 0 Å². The first-order valence-electron chi connectivity index (χ1n) is 9.36. The van der Waals surface area contributed by atoms with Gasteiger partial charge in [0.05, 0.1) is 0 Å². The molecule has 0 bridgehead atoms. The van der Waals surface area contributed by atoms with Crippen molar-refractivity contribution in [2.24, 2.45) is 0 Å². The van der Waals surface area contributed by atoms with Gasteiger partial charge in [-0.05, 0) is 50.8 Å². The number of benzene rings is 1. The van der Waals surface area contributed by atoms with Crippen LogP contribution in [0.15, 0.2) is 24.3 Å². The van der Waals surface area contributed by atoms with E-state index in [0.717, 1.165) is 31.1 Å². The number of rotatable bonds is 5. The van der Waals surface area contributed by atoms with E-state index in [1.165, 1.54) is 44.1 Å². The molecule has 1 aromatic rings. The molecule has 1 saturated heterocycles. The van der Waals surface area contributed by atoms with Crippen molar-refractivity contribution in [3.05, 3.63) is 35.4 Å². The van der Waals surface area contributed by atoms with Crippen LogP contribution >= 0.6 is 0 Å². The molecule has 2 unspecified atom stereocenters. The molecule has 1 aromatic carbocycles. The third-order valence-corrected chi connectivity index (χ3v) is 5.45. The minimum atomic E-state index is 0.639. The number of hydrogen-bond acceptors (Lipinski definition) is 4. The molecule has 2 aliphatic carbocycles. The van der Waals surface area contributed by atoms with Gasteiger partial charge in [0.25, 0.3) is 0 Å². The molecule has 3 aliphatic rings. The Labute approximate surface area is 145 Å². The minimum absolute atomic E-state index is 0.639. The summed E-state index contributed by atoms with van der Waals surface area (Å²) in [5.41, 5.74) is 2.12. The van der Waals surface area contributed by atoms with Crippen LogP contribution in [0.25, 0.3) is 0 Å². The van der Waals surface area contributed by atoms with Gasteiger partial charge in [0.15, 0.2) is 0 Å². The van der Waals surface area contributed by atoms with Crippen molar-refractivity contribution >= 4 is 6.29 Å². The van der Waals surface area contributed by atoms with Crippen LogP contribution in [-0.4, -0.2) is 44.7 Å². The summed E-state index contributed by atoms with van der Waals surface area (Å²) in [7, 11) is 2.01. The largest absolute Gasteiger partial charge is 0.381 e. The number of carbonyl (C=O) groups is 1. The van der Waals surface area contributed by atoms with E-state index < -0.39 is 0 Å². The van der Waals surface area contributed by atoms with Gasteiger partial charge in [-0.25, -0.2) is 0 Å². The molecule has 0 radical (unpaired) electrons. The quantitative estimate of drug-likeness (QED) is 0.815. The van der Waals surface area contributed by atoms with Crippen molar-refractivity contribution in [1.29, 1.82) is 0 Å². The maximum absolute atomic E-state index is 10.7. The summed E-state index contributed by atoms with van der Waals surface area (Å²) < 4.78 is 5.16. The number of aldehydes is 1. The molecule has 132 valence electrons. The van der Waals surface area contributed by atoms with Gasteiger partial charge in [-0.2, -0.15) is 0 Å². The third-order valence-electron chi connectivity index (χ3n) is 5.45. The van der Waals surface area contributed by atoms with Crippen molar-refractivity contribution in [1.82, 2.24) is 10.6 Å². The molecular weight excluding hydrogens is 300 g/mol. The Morgan fingerprint density at radius 3 is 2.50 bits per heavy atom. The van der Waals surface area contributed by atoms with Gasteiger partial charge in [0.2, 0.25) is 0 Å². The molecule has 2 N–H and O–H groups in total. The summed E-state index contributed by atoms with van der Waals surface area (Å²) in [6.07, 6.45) is 8.59. The summed E-state index contributed by atoms with van der Waals surface area (Å²) in [4.78, 5) is 10.7. The Kier molecular flexibility index (Phi) is 6.41. The van der Waals surface area contributed by atoms with Crippen LogP contribution in [0, 0.1) is 0 Å². The van der Waals surface area contributed by atoms with Crippen molar-refractivity contribution in [3.63, 3.8) is 0 Å². The summed E-state index contributed by atoms with van der Waals surface area (Å²) in [6.45, 7) is 1.87. The fraction of sp³-hybridized carbons (Fsp3) is 0.650. The van der Waals surface area contributed by atoms with E-state index in [9.17, 15) is 4.79 Å². The van der Waals surface area contributed by atoms with E-state index in [2.05, 4.69) is 16.7 Å². The van der Waals surface area contributed by atoms with Crippen LogP contribution < -0.4 is 10.6 Å². The number of ether oxygens (including phenoxy) is 1. The maximum Gasteiger partial charge on any atom is 0.150 e. The molecule has 2 saturated carbocycles. The van der Waals surface area contributed by atoms with Crippen molar-refractivity contribution < 1.29 is 9.53 Å². The normalized spacial score (nSPS) is 26.9. The lowest BCUT2D eigenvalue weighted by Gasteiger charge is -2.26. The van der Waals surface area contributed by atoms with Crippen LogP contribution in [0.5, 0.6) is 0 Å². The van der Waals surface area contributed by atoms with Gasteiger partial charge in [0, 0.05) is 42.8 Å².